The summed E-state index contributed by atoms with van der Waals surface area (Å²) in [5.74, 6) is -0.677. The minimum absolute atomic E-state index is 0.0549. The zero-order valence-corrected chi connectivity index (χ0v) is 11.8. The Morgan fingerprint density at radius 3 is 2.81 bits per heavy atom. The minimum Gasteiger partial charge on any atom is -0.476 e. The molecular weight excluding hydrogens is 276 g/mol. The van der Waals surface area contributed by atoms with Crippen molar-refractivity contribution in [2.45, 2.75) is 26.4 Å². The van der Waals surface area contributed by atoms with Crippen molar-refractivity contribution in [3.63, 3.8) is 0 Å². The van der Waals surface area contributed by atoms with Gasteiger partial charge in [0.25, 0.3) is 0 Å². The third kappa shape index (κ3) is 3.28. The van der Waals surface area contributed by atoms with E-state index in [0.717, 1.165) is 0 Å². The highest BCUT2D eigenvalue weighted by Gasteiger charge is 2.20. The molecule has 8 nitrogen and oxygen atoms in total. The summed E-state index contributed by atoms with van der Waals surface area (Å²) in [5, 5.41) is 16.3. The molecule has 2 aromatic heterocycles. The molecule has 8 heteroatoms. The second-order valence-electron chi connectivity index (χ2n) is 4.53. The van der Waals surface area contributed by atoms with E-state index in [1.54, 1.807) is 32.4 Å². The van der Waals surface area contributed by atoms with Gasteiger partial charge in [-0.05, 0) is 18.6 Å². The Morgan fingerprint density at radius 2 is 2.24 bits per heavy atom. The van der Waals surface area contributed by atoms with Gasteiger partial charge in [-0.2, -0.15) is 0 Å². The number of carboxylic acid groups (broad SMARTS) is 1. The molecule has 0 atom stereocenters. The molecule has 0 saturated carbocycles. The van der Waals surface area contributed by atoms with Crippen LogP contribution in [0.25, 0.3) is 0 Å². The zero-order chi connectivity index (χ0) is 15.4. The van der Waals surface area contributed by atoms with Crippen LogP contribution >= 0.6 is 0 Å². The fourth-order valence-electron chi connectivity index (χ4n) is 1.95. The molecule has 2 heterocycles. The number of nitrogens with zero attached hydrogens (tertiary/aromatic N) is 4. The van der Waals surface area contributed by atoms with Crippen LogP contribution in [0.3, 0.4) is 0 Å². The summed E-state index contributed by atoms with van der Waals surface area (Å²) in [6.45, 7) is 2.08. The highest BCUT2D eigenvalue weighted by molar-refractivity contribution is 5.86. The molecule has 1 amide bonds. The van der Waals surface area contributed by atoms with Crippen molar-refractivity contribution >= 4 is 11.9 Å². The number of carbonyl (C=O) groups is 2. The molecule has 0 spiro atoms. The van der Waals surface area contributed by atoms with Crippen molar-refractivity contribution < 1.29 is 19.1 Å². The maximum absolute atomic E-state index is 12.1. The third-order valence-corrected chi connectivity index (χ3v) is 3.06. The lowest BCUT2D eigenvalue weighted by Gasteiger charge is -2.16. The normalized spacial score (nSPS) is 10.6. The van der Waals surface area contributed by atoms with E-state index < -0.39 is 5.97 Å². The first-order valence-electron chi connectivity index (χ1n) is 6.45. The molecule has 0 radical (unpaired) electrons. The number of hydrogen-bond acceptors (Lipinski definition) is 5. The Bertz CT molecular complexity index is 633. The smallest absolute Gasteiger partial charge is 0.358 e. The lowest BCUT2D eigenvalue weighted by molar-refractivity contribution is -0.131. The molecule has 0 aliphatic rings. The van der Waals surface area contributed by atoms with Gasteiger partial charge in [-0.15, -0.1) is 5.10 Å². The lowest BCUT2D eigenvalue weighted by Crippen LogP contribution is -2.30. The van der Waals surface area contributed by atoms with Gasteiger partial charge in [0.05, 0.1) is 18.5 Å². The molecule has 112 valence electrons. The van der Waals surface area contributed by atoms with E-state index in [-0.39, 0.29) is 18.1 Å². The molecule has 0 aliphatic heterocycles. The Morgan fingerprint density at radius 1 is 1.48 bits per heavy atom. The van der Waals surface area contributed by atoms with Crippen LogP contribution in [0.1, 0.15) is 28.9 Å². The molecule has 21 heavy (non-hydrogen) atoms. The Balaban J connectivity index is 2.07. The van der Waals surface area contributed by atoms with Gasteiger partial charge in [-0.1, -0.05) is 12.1 Å². The highest BCUT2D eigenvalue weighted by Crippen LogP contribution is 2.08. The number of aromatic carboxylic acids is 1. The fourth-order valence-corrected chi connectivity index (χ4v) is 1.95. The Kier molecular flexibility index (Phi) is 4.36. The van der Waals surface area contributed by atoms with Gasteiger partial charge in [0, 0.05) is 7.05 Å². The van der Waals surface area contributed by atoms with E-state index in [4.69, 9.17) is 9.52 Å². The molecule has 2 aromatic rings. The lowest BCUT2D eigenvalue weighted by atomic mass is 10.2. The summed E-state index contributed by atoms with van der Waals surface area (Å²) in [6, 6.07) is 3.53. The summed E-state index contributed by atoms with van der Waals surface area (Å²) in [6.07, 6.45) is 1.98. The maximum atomic E-state index is 12.1. The predicted octanol–water partition coefficient (Wildman–Crippen LogP) is 0.790. The highest BCUT2D eigenvalue weighted by atomic mass is 16.4. The number of aromatic nitrogens is 3. The zero-order valence-electron chi connectivity index (χ0n) is 11.8. The van der Waals surface area contributed by atoms with Crippen LogP contribution in [-0.4, -0.2) is 43.9 Å². The molecule has 0 bridgehead atoms. The number of carbonyl (C=O) groups excluding carboxylic acids is 1. The maximum Gasteiger partial charge on any atom is 0.358 e. The first-order valence-corrected chi connectivity index (χ1v) is 6.45. The van der Waals surface area contributed by atoms with Crippen LogP contribution in [0.15, 0.2) is 22.8 Å². The number of carboxylic acids is 1. The number of likely N-dealkylation sites (N-methyl/N-ethyl adjacent to an activating group) is 1. The van der Waals surface area contributed by atoms with Gasteiger partial charge in [-0.25, -0.2) is 9.48 Å². The van der Waals surface area contributed by atoms with E-state index in [1.165, 1.54) is 9.58 Å². The standard InChI is InChI=1S/C13H16N4O4/c1-3-10-12(13(19)20)14-15-17(10)8-11(18)16(2)7-9-5-4-6-21-9/h4-6H,3,7-8H2,1-2H3,(H,19,20). The van der Waals surface area contributed by atoms with Crippen molar-refractivity contribution in [1.82, 2.24) is 19.9 Å². The minimum atomic E-state index is -1.14. The summed E-state index contributed by atoms with van der Waals surface area (Å²) < 4.78 is 6.50. The van der Waals surface area contributed by atoms with Gasteiger partial charge in [-0.3, -0.25) is 4.79 Å². The summed E-state index contributed by atoms with van der Waals surface area (Å²) in [5.41, 5.74) is 0.321. The third-order valence-electron chi connectivity index (χ3n) is 3.06. The van der Waals surface area contributed by atoms with E-state index in [1.807, 2.05) is 0 Å². The molecule has 0 aliphatic carbocycles. The number of furan rings is 1. The second-order valence-corrected chi connectivity index (χ2v) is 4.53. The largest absolute Gasteiger partial charge is 0.476 e. The predicted molar refractivity (Wildman–Crippen MR) is 71.5 cm³/mol. The number of hydrogen-bond donors (Lipinski definition) is 1. The summed E-state index contributed by atoms with van der Waals surface area (Å²) in [4.78, 5) is 24.6. The molecule has 0 saturated heterocycles. The quantitative estimate of drug-likeness (QED) is 0.844. The molecule has 2 rings (SSSR count). The second kappa shape index (κ2) is 6.21. The van der Waals surface area contributed by atoms with Gasteiger partial charge in [0.1, 0.15) is 12.3 Å². The van der Waals surface area contributed by atoms with Crippen molar-refractivity contribution in [3.05, 3.63) is 35.5 Å². The monoisotopic (exact) mass is 292 g/mol. The first kappa shape index (κ1) is 14.8. The van der Waals surface area contributed by atoms with Crippen LogP contribution in [0.5, 0.6) is 0 Å². The molecule has 0 aromatic carbocycles. The first-order chi connectivity index (χ1) is 10.0. The molecule has 0 fully saturated rings. The van der Waals surface area contributed by atoms with Crippen molar-refractivity contribution in [2.24, 2.45) is 0 Å². The van der Waals surface area contributed by atoms with Crippen LogP contribution in [-0.2, 0) is 24.3 Å². The van der Waals surface area contributed by atoms with E-state index in [9.17, 15) is 9.59 Å². The molecular formula is C13H16N4O4. The van der Waals surface area contributed by atoms with Crippen molar-refractivity contribution in [1.29, 1.82) is 0 Å². The number of amides is 1. The topological polar surface area (TPSA) is 101 Å². The van der Waals surface area contributed by atoms with Crippen LogP contribution in [0.2, 0.25) is 0 Å². The van der Waals surface area contributed by atoms with Crippen LogP contribution in [0.4, 0.5) is 0 Å². The van der Waals surface area contributed by atoms with Crippen molar-refractivity contribution in [2.75, 3.05) is 7.05 Å². The van der Waals surface area contributed by atoms with Crippen LogP contribution in [0, 0.1) is 0 Å². The Labute approximate surface area is 121 Å². The molecule has 1 N–H and O–H groups in total. The Hall–Kier alpha value is -2.64. The average molecular weight is 292 g/mol. The number of rotatable bonds is 6. The van der Waals surface area contributed by atoms with Crippen molar-refractivity contribution in [3.8, 4) is 0 Å². The van der Waals surface area contributed by atoms with E-state index in [2.05, 4.69) is 10.3 Å². The SMILES string of the molecule is CCc1c(C(=O)O)nnn1CC(=O)N(C)Cc1ccco1. The average Bonchev–Trinajstić information content (AvgIpc) is 3.07. The van der Waals surface area contributed by atoms with Crippen LogP contribution < -0.4 is 0 Å². The van der Waals surface area contributed by atoms with Gasteiger partial charge >= 0.3 is 5.97 Å². The van der Waals surface area contributed by atoms with E-state index >= 15 is 0 Å². The summed E-state index contributed by atoms with van der Waals surface area (Å²) >= 11 is 0. The molecule has 0 unspecified atom stereocenters. The fraction of sp³-hybridized carbons (Fsp3) is 0.385. The van der Waals surface area contributed by atoms with Gasteiger partial charge in [0.15, 0.2) is 5.69 Å². The van der Waals surface area contributed by atoms with Gasteiger partial charge in [0.2, 0.25) is 5.91 Å². The summed E-state index contributed by atoms with van der Waals surface area (Å²) in [7, 11) is 1.64. The van der Waals surface area contributed by atoms with Gasteiger partial charge < -0.3 is 14.4 Å². The van der Waals surface area contributed by atoms with E-state index in [0.29, 0.717) is 24.4 Å².